The maximum Gasteiger partial charge on any atom is 0.328 e. The highest BCUT2D eigenvalue weighted by Crippen LogP contribution is 2.23. The van der Waals surface area contributed by atoms with E-state index in [2.05, 4.69) is 33.5 Å². The van der Waals surface area contributed by atoms with E-state index in [1.165, 1.54) is 49.8 Å². The summed E-state index contributed by atoms with van der Waals surface area (Å²) in [5, 5.41) is 24.2. The first-order chi connectivity index (χ1) is 30.0. The van der Waals surface area contributed by atoms with E-state index in [9.17, 15) is 43.5 Å². The van der Waals surface area contributed by atoms with E-state index in [1.54, 1.807) is 34.6 Å². The Morgan fingerprint density at radius 1 is 0.688 bits per heavy atom. The summed E-state index contributed by atoms with van der Waals surface area (Å²) in [5.74, 6) is -5.67. The summed E-state index contributed by atoms with van der Waals surface area (Å²) < 4.78 is 5.13. The maximum atomic E-state index is 14.0. The molecule has 64 heavy (non-hydrogen) atoms. The van der Waals surface area contributed by atoms with Crippen molar-refractivity contribution in [1.82, 2.24) is 31.5 Å². The van der Waals surface area contributed by atoms with Crippen LogP contribution in [0.15, 0.2) is 0 Å². The Hall–Kier alpha value is -4.28. The summed E-state index contributed by atoms with van der Waals surface area (Å²) in [7, 11) is 0. The average Bonchev–Trinajstić information content (AvgIpc) is 3.60. The number of aliphatic hydroxyl groups is 1. The number of β-amino-alcohol motifs (C(OH)–C–C–N with tert-alkyl or cyclic N) is 1. The third kappa shape index (κ3) is 22.1. The molecule has 6 atom stereocenters. The maximum absolute atomic E-state index is 14.0. The van der Waals surface area contributed by atoms with Crippen LogP contribution in [0, 0.1) is 17.8 Å². The summed E-state index contributed by atoms with van der Waals surface area (Å²) in [4.78, 5) is 108. The van der Waals surface area contributed by atoms with Gasteiger partial charge in [0.1, 0.15) is 35.7 Å². The van der Waals surface area contributed by atoms with E-state index in [0.717, 1.165) is 19.3 Å². The molecular weight excluding hydrogens is 823 g/mol. The molecule has 1 fully saturated rings. The number of carbonyl (C=O) groups excluding carboxylic acids is 8. The van der Waals surface area contributed by atoms with Gasteiger partial charge in [0.15, 0.2) is 0 Å². The zero-order valence-corrected chi connectivity index (χ0v) is 40.8. The largest absolute Gasteiger partial charge is 0.464 e. The fraction of sp³-hybridized carbons (Fsp3) is 0.830. The highest BCUT2D eigenvalue weighted by molar-refractivity contribution is 5.98. The number of unbranched alkanes of at least 4 members (excludes halogenated alkanes) is 10. The second-order valence-electron chi connectivity index (χ2n) is 19.3. The Bertz CT molecular complexity index is 1500. The van der Waals surface area contributed by atoms with Gasteiger partial charge in [-0.3, -0.25) is 33.6 Å². The minimum atomic E-state index is -1.38. The van der Waals surface area contributed by atoms with E-state index < -0.39 is 89.2 Å². The van der Waals surface area contributed by atoms with Crippen LogP contribution in [-0.4, -0.2) is 112 Å². The van der Waals surface area contributed by atoms with Crippen LogP contribution < -0.4 is 32.3 Å². The standard InChI is InChI=1S/C47H85N7O10/c1-11-13-14-15-16-17-18-19-20-21-22-23-39(57)53-47(9,10)46(63)54-29-33(55)28-37(54)43(60)50-35(26-30(3)4)42(59)52-40(32(7)8)44(61)49-34(24-25-38(48)56)41(58)51-36(27-31(5)6)45(62)64-12-2/h30-37,40,55H,11-29H2,1-10H3,(H2,48,56)(H,49,61)(H,50,60)(H,51,58)(H,52,59)(H,53,57)/t33-,34-,35-,36-,37-,40-/m0/s1. The second-order valence-corrected chi connectivity index (χ2v) is 19.3. The molecular formula is C47H85N7O10. The van der Waals surface area contributed by atoms with Crippen molar-refractivity contribution in [2.75, 3.05) is 13.2 Å². The molecule has 368 valence electrons. The van der Waals surface area contributed by atoms with Gasteiger partial charge in [0.25, 0.3) is 0 Å². The highest BCUT2D eigenvalue weighted by atomic mass is 16.5. The summed E-state index contributed by atoms with van der Waals surface area (Å²) in [6, 6.07) is -5.83. The number of carbonyl (C=O) groups is 8. The predicted octanol–water partition coefficient (Wildman–Crippen LogP) is 4.06. The van der Waals surface area contributed by atoms with Crippen LogP contribution in [-0.2, 0) is 43.1 Å². The molecule has 1 saturated heterocycles. The van der Waals surface area contributed by atoms with Crippen LogP contribution in [0.2, 0.25) is 0 Å². The van der Waals surface area contributed by atoms with Crippen molar-refractivity contribution in [2.45, 2.75) is 220 Å². The molecule has 1 rings (SSSR count). The molecule has 1 heterocycles. The van der Waals surface area contributed by atoms with Crippen molar-refractivity contribution < 1.29 is 48.2 Å². The predicted molar refractivity (Wildman–Crippen MR) is 246 cm³/mol. The summed E-state index contributed by atoms with van der Waals surface area (Å²) in [6.45, 7) is 17.7. The van der Waals surface area contributed by atoms with Gasteiger partial charge in [-0.15, -0.1) is 0 Å². The Balaban J connectivity index is 3.05. The molecule has 0 unspecified atom stereocenters. The number of hydrogen-bond donors (Lipinski definition) is 7. The zero-order valence-electron chi connectivity index (χ0n) is 40.8. The van der Waals surface area contributed by atoms with Crippen LogP contribution in [0.25, 0.3) is 0 Å². The minimum absolute atomic E-state index is 0.00351. The number of primary amides is 1. The summed E-state index contributed by atoms with van der Waals surface area (Å²) in [6.07, 6.45) is 11.7. The molecule has 0 aromatic heterocycles. The normalized spacial score (nSPS) is 17.1. The van der Waals surface area contributed by atoms with Crippen molar-refractivity contribution in [3.63, 3.8) is 0 Å². The van der Waals surface area contributed by atoms with E-state index in [1.807, 2.05) is 27.7 Å². The van der Waals surface area contributed by atoms with Crippen molar-refractivity contribution in [2.24, 2.45) is 23.5 Å². The monoisotopic (exact) mass is 908 g/mol. The number of likely N-dealkylation sites (tertiary alicyclic amines) is 1. The Kier molecular flexibility index (Phi) is 27.1. The van der Waals surface area contributed by atoms with Crippen LogP contribution in [0.4, 0.5) is 0 Å². The fourth-order valence-corrected chi connectivity index (χ4v) is 7.84. The molecule has 0 saturated carbocycles. The third-order valence-corrected chi connectivity index (χ3v) is 11.3. The zero-order chi connectivity index (χ0) is 48.6. The Morgan fingerprint density at radius 3 is 1.72 bits per heavy atom. The van der Waals surface area contributed by atoms with Gasteiger partial charge in [0.2, 0.25) is 41.4 Å². The molecule has 0 bridgehead atoms. The molecule has 0 aliphatic carbocycles. The average molecular weight is 908 g/mol. The molecule has 1 aliphatic heterocycles. The van der Waals surface area contributed by atoms with Crippen molar-refractivity contribution in [3.8, 4) is 0 Å². The molecule has 7 amide bonds. The van der Waals surface area contributed by atoms with Crippen molar-refractivity contribution in [3.05, 3.63) is 0 Å². The van der Waals surface area contributed by atoms with E-state index in [-0.39, 0.29) is 69.4 Å². The highest BCUT2D eigenvalue weighted by Gasteiger charge is 2.45. The van der Waals surface area contributed by atoms with Gasteiger partial charge in [0, 0.05) is 25.8 Å². The summed E-state index contributed by atoms with van der Waals surface area (Å²) in [5.41, 5.74) is 3.99. The van der Waals surface area contributed by atoms with Crippen molar-refractivity contribution in [1.29, 1.82) is 0 Å². The van der Waals surface area contributed by atoms with Gasteiger partial charge in [-0.2, -0.15) is 0 Å². The smallest absolute Gasteiger partial charge is 0.328 e. The van der Waals surface area contributed by atoms with Crippen LogP contribution in [0.5, 0.6) is 0 Å². The molecule has 0 spiro atoms. The number of esters is 1. The number of hydrogen-bond acceptors (Lipinski definition) is 10. The lowest BCUT2D eigenvalue weighted by atomic mass is 9.98. The number of aliphatic hydroxyl groups excluding tert-OH is 1. The number of nitrogens with zero attached hydrogens (tertiary/aromatic N) is 1. The third-order valence-electron chi connectivity index (χ3n) is 11.3. The number of nitrogens with two attached hydrogens (primary N) is 1. The van der Waals surface area contributed by atoms with Crippen LogP contribution in [0.1, 0.15) is 178 Å². The van der Waals surface area contributed by atoms with Gasteiger partial charge in [-0.05, 0) is 64.2 Å². The molecule has 17 nitrogen and oxygen atoms in total. The molecule has 0 aromatic carbocycles. The number of nitrogens with one attached hydrogen (secondary N) is 5. The van der Waals surface area contributed by atoms with E-state index in [4.69, 9.17) is 10.5 Å². The lowest BCUT2D eigenvalue weighted by Crippen LogP contribution is -2.61. The topological polar surface area (TPSA) is 255 Å². The Morgan fingerprint density at radius 2 is 1.20 bits per heavy atom. The van der Waals surface area contributed by atoms with Gasteiger partial charge in [-0.25, -0.2) is 4.79 Å². The first kappa shape index (κ1) is 57.7. The minimum Gasteiger partial charge on any atom is -0.464 e. The SMILES string of the molecule is CCCCCCCCCCCCCC(=O)NC(C)(C)C(=O)N1C[C@@H](O)C[C@H]1C(=O)N[C@@H](CC(C)C)C(=O)N[C@H](C(=O)N[C@@H](CCC(N)=O)C(=O)N[C@@H](CC(C)C)C(=O)OCC)C(C)C. The first-order valence-corrected chi connectivity index (χ1v) is 24.0. The van der Waals surface area contributed by atoms with Crippen molar-refractivity contribution >= 4 is 47.3 Å². The second kappa shape index (κ2) is 30.0. The van der Waals surface area contributed by atoms with Gasteiger partial charge >= 0.3 is 5.97 Å². The van der Waals surface area contributed by atoms with Gasteiger partial charge < -0.3 is 47.1 Å². The molecule has 17 heteroatoms. The van der Waals surface area contributed by atoms with E-state index in [0.29, 0.717) is 6.42 Å². The molecule has 1 aliphatic rings. The lowest BCUT2D eigenvalue weighted by Gasteiger charge is -2.34. The van der Waals surface area contributed by atoms with Gasteiger partial charge in [-0.1, -0.05) is 113 Å². The van der Waals surface area contributed by atoms with Crippen LogP contribution in [0.3, 0.4) is 0 Å². The number of rotatable bonds is 32. The fourth-order valence-electron chi connectivity index (χ4n) is 7.84. The molecule has 8 N–H and O–H groups in total. The number of ether oxygens (including phenoxy) is 1. The Labute approximate surface area is 383 Å². The first-order valence-electron chi connectivity index (χ1n) is 24.0. The quantitative estimate of drug-likeness (QED) is 0.0377. The van der Waals surface area contributed by atoms with Crippen LogP contribution >= 0.6 is 0 Å². The molecule has 0 radical (unpaired) electrons. The lowest BCUT2D eigenvalue weighted by molar-refractivity contribution is -0.148. The van der Waals surface area contributed by atoms with E-state index >= 15 is 0 Å². The van der Waals surface area contributed by atoms with Gasteiger partial charge in [0.05, 0.1) is 12.7 Å². The molecule has 0 aromatic rings. The summed E-state index contributed by atoms with van der Waals surface area (Å²) >= 11 is 0. The number of amides is 7.